The largest absolute Gasteiger partial charge is 0.481 e. The number of nitrogens with zero attached hydrogens (tertiary/aromatic N) is 2. The first kappa shape index (κ1) is 20.4. The van der Waals surface area contributed by atoms with Crippen molar-refractivity contribution in [2.45, 2.75) is 24.5 Å². The average Bonchev–Trinajstić information content (AvgIpc) is 3.07. The number of carbonyl (C=O) groups excluding carboxylic acids is 1. The van der Waals surface area contributed by atoms with E-state index in [-0.39, 0.29) is 18.2 Å². The minimum Gasteiger partial charge on any atom is -0.387 e. The molecule has 15 nitrogen and oxygen atoms in total. The Morgan fingerprint density at radius 2 is 1.96 bits per heavy atom. The summed E-state index contributed by atoms with van der Waals surface area (Å²) in [5, 5.41) is 25.6. The maximum absolute atomic E-state index is 11.7. The van der Waals surface area contributed by atoms with Crippen molar-refractivity contribution in [1.29, 1.82) is 0 Å². The van der Waals surface area contributed by atoms with Crippen molar-refractivity contribution in [2.24, 2.45) is 0 Å². The van der Waals surface area contributed by atoms with E-state index in [9.17, 15) is 29.0 Å². The van der Waals surface area contributed by atoms with Crippen LogP contribution >= 0.6 is 15.6 Å². The van der Waals surface area contributed by atoms with Gasteiger partial charge in [-0.1, -0.05) is 0 Å². The molecule has 1 saturated heterocycles. The van der Waals surface area contributed by atoms with Gasteiger partial charge >= 0.3 is 15.6 Å². The van der Waals surface area contributed by atoms with Crippen molar-refractivity contribution >= 4 is 27.4 Å². The van der Waals surface area contributed by atoms with Gasteiger partial charge in [-0.25, -0.2) is 14.1 Å². The Morgan fingerprint density at radius 1 is 1.26 bits per heavy atom. The number of phosphoric ester groups is 1. The number of imidazole rings is 1. The highest BCUT2D eigenvalue weighted by molar-refractivity contribution is 7.60. The number of carbonyl (C=O) groups is 1. The highest BCUT2D eigenvalue weighted by atomic mass is 31.3. The molecule has 1 fully saturated rings. The number of aromatic nitrogens is 2. The van der Waals surface area contributed by atoms with Gasteiger partial charge in [0, 0.05) is 0 Å². The van der Waals surface area contributed by atoms with Crippen LogP contribution in [0.5, 0.6) is 0 Å². The number of phosphoric acid groups is 2. The lowest BCUT2D eigenvalue weighted by atomic mass is 10.1. The quantitative estimate of drug-likeness (QED) is 0.239. The number of fused-ring (bicyclic) bond motifs is 1. The number of rotatable bonds is 6. The zero-order chi connectivity index (χ0) is 20.0. The Bertz CT molecular complexity index is 824. The molecule has 0 bridgehead atoms. The number of aliphatic hydroxyl groups is 2. The van der Waals surface area contributed by atoms with Crippen LogP contribution < -0.4 is 10.6 Å². The molecule has 2 aliphatic heterocycles. The molecule has 3 rings (SSSR count). The molecule has 3 heterocycles. The maximum Gasteiger partial charge on any atom is 0.481 e. The van der Waals surface area contributed by atoms with Crippen LogP contribution in [0, 0.1) is 0 Å². The topological polar surface area (TPSA) is 222 Å². The molecular weight excluding hydrogens is 414 g/mol. The number of anilines is 1. The molecule has 1 aromatic rings. The summed E-state index contributed by atoms with van der Waals surface area (Å²) >= 11 is 0. The van der Waals surface area contributed by atoms with E-state index in [1.165, 1.54) is 10.9 Å². The van der Waals surface area contributed by atoms with Gasteiger partial charge in [0.2, 0.25) is 0 Å². The minimum absolute atomic E-state index is 0.0427. The zero-order valence-electron chi connectivity index (χ0n) is 13.3. The molecular formula is C10H16N4O11P2. The molecule has 7 N–H and O–H groups in total. The Hall–Kier alpha value is -1.38. The van der Waals surface area contributed by atoms with Crippen molar-refractivity contribution in [1.82, 2.24) is 14.9 Å². The van der Waals surface area contributed by atoms with E-state index >= 15 is 0 Å². The lowest BCUT2D eigenvalue weighted by Gasteiger charge is -2.22. The molecule has 0 aliphatic carbocycles. The molecule has 0 spiro atoms. The molecule has 0 aromatic carbocycles. The first-order valence-corrected chi connectivity index (χ1v) is 10.4. The Labute approximate surface area is 150 Å². The summed E-state index contributed by atoms with van der Waals surface area (Å²) in [4.78, 5) is 41.9. The van der Waals surface area contributed by atoms with Crippen LogP contribution in [0.1, 0.15) is 16.7 Å². The molecule has 152 valence electrons. The van der Waals surface area contributed by atoms with E-state index in [1.807, 2.05) is 0 Å². The van der Waals surface area contributed by atoms with Crippen LogP contribution in [-0.2, 0) is 22.7 Å². The van der Waals surface area contributed by atoms with Crippen LogP contribution in [0.15, 0.2) is 6.33 Å². The molecule has 1 unspecified atom stereocenters. The van der Waals surface area contributed by atoms with Crippen LogP contribution in [0.4, 0.5) is 5.82 Å². The van der Waals surface area contributed by atoms with Crippen molar-refractivity contribution < 1.29 is 52.4 Å². The summed E-state index contributed by atoms with van der Waals surface area (Å²) in [5.74, 6) is -0.222. The van der Waals surface area contributed by atoms with Crippen molar-refractivity contribution in [2.75, 3.05) is 18.6 Å². The van der Waals surface area contributed by atoms with Gasteiger partial charge < -0.3 is 40.3 Å². The summed E-state index contributed by atoms with van der Waals surface area (Å²) in [5.41, 5.74) is 0.0427. The Balaban J connectivity index is 1.71. The second kappa shape index (κ2) is 7.22. The minimum atomic E-state index is -5.30. The highest BCUT2D eigenvalue weighted by Crippen LogP contribution is 2.57. The fourth-order valence-electron chi connectivity index (χ4n) is 2.61. The van der Waals surface area contributed by atoms with Crippen LogP contribution in [-0.4, -0.2) is 71.9 Å². The zero-order valence-corrected chi connectivity index (χ0v) is 15.1. The molecule has 1 aromatic heterocycles. The molecule has 1 amide bonds. The van der Waals surface area contributed by atoms with Gasteiger partial charge in [-0.2, -0.15) is 4.31 Å². The van der Waals surface area contributed by atoms with E-state index < -0.39 is 52.7 Å². The molecule has 27 heavy (non-hydrogen) atoms. The molecule has 5 atom stereocenters. The van der Waals surface area contributed by atoms with E-state index in [0.717, 1.165) is 0 Å². The number of nitrogens with one attached hydrogen (secondary N) is 2. The summed E-state index contributed by atoms with van der Waals surface area (Å²) in [6.45, 7) is -0.726. The molecule has 17 heteroatoms. The lowest BCUT2D eigenvalue weighted by molar-refractivity contribution is -0.0511. The average molecular weight is 430 g/mol. The lowest BCUT2D eigenvalue weighted by Crippen LogP contribution is -2.37. The van der Waals surface area contributed by atoms with Gasteiger partial charge in [0.25, 0.3) is 5.91 Å². The summed E-state index contributed by atoms with van der Waals surface area (Å²) in [6.07, 6.45) is -4.48. The third kappa shape index (κ3) is 4.38. The predicted octanol–water partition coefficient (Wildman–Crippen LogP) is -2.16. The second-order valence-electron chi connectivity index (χ2n) is 5.59. The standard InChI is InChI=1S/C10H16N4O11P2/c15-6-4(1-23-27(21,22)25-26(18,19)20)24-10(7(6)16)14-3-13-5-8(14)11-2-12-9(5)17/h3-4,6-7,10-11,15-16H,1-2H2,(H,12,17)(H,21,22)(H2,18,19,20)/t4-,6-,7-,10-/m1/s1. The predicted molar refractivity (Wildman–Crippen MR) is 83.0 cm³/mol. The van der Waals surface area contributed by atoms with E-state index in [4.69, 9.17) is 14.5 Å². The number of amides is 1. The third-order valence-electron chi connectivity index (χ3n) is 3.74. The normalized spacial score (nSPS) is 30.3. The fraction of sp³-hybridized carbons (Fsp3) is 0.600. The highest BCUT2D eigenvalue weighted by Gasteiger charge is 2.46. The Morgan fingerprint density at radius 3 is 2.63 bits per heavy atom. The molecule has 0 saturated carbocycles. The van der Waals surface area contributed by atoms with Gasteiger partial charge in [-0.3, -0.25) is 13.9 Å². The maximum atomic E-state index is 11.7. The summed E-state index contributed by atoms with van der Waals surface area (Å²) < 4.78 is 36.8. The number of hydrogen-bond donors (Lipinski definition) is 7. The first-order valence-electron chi connectivity index (χ1n) is 7.33. The van der Waals surface area contributed by atoms with Gasteiger partial charge in [-0.05, 0) is 0 Å². The summed E-state index contributed by atoms with van der Waals surface area (Å²) in [6, 6.07) is 0. The van der Waals surface area contributed by atoms with Gasteiger partial charge in [0.05, 0.1) is 19.6 Å². The second-order valence-corrected chi connectivity index (χ2v) is 8.42. The Kier molecular flexibility index (Phi) is 5.44. The van der Waals surface area contributed by atoms with E-state index in [1.54, 1.807) is 0 Å². The SMILES string of the molecule is O=C1NCNc2c1ncn2[C@@H]1O[C@H](COP(=O)(O)OP(=O)(O)O)[C@@H](O)[C@H]1O. The summed E-state index contributed by atoms with van der Waals surface area (Å²) in [7, 11) is -10.4. The van der Waals surface area contributed by atoms with Gasteiger partial charge in [0.1, 0.15) is 24.1 Å². The third-order valence-corrected chi connectivity index (χ3v) is 5.89. The van der Waals surface area contributed by atoms with Crippen molar-refractivity contribution in [3.63, 3.8) is 0 Å². The van der Waals surface area contributed by atoms with Crippen molar-refractivity contribution in [3.8, 4) is 0 Å². The first-order chi connectivity index (χ1) is 12.5. The van der Waals surface area contributed by atoms with Crippen molar-refractivity contribution in [3.05, 3.63) is 12.0 Å². The number of ether oxygens (including phenoxy) is 1. The van der Waals surface area contributed by atoms with E-state index in [2.05, 4.69) is 24.5 Å². The molecule has 2 aliphatic rings. The monoisotopic (exact) mass is 430 g/mol. The van der Waals surface area contributed by atoms with Gasteiger partial charge in [0.15, 0.2) is 11.9 Å². The molecule has 0 radical (unpaired) electrons. The van der Waals surface area contributed by atoms with Crippen LogP contribution in [0.25, 0.3) is 0 Å². The van der Waals surface area contributed by atoms with Crippen LogP contribution in [0.3, 0.4) is 0 Å². The van der Waals surface area contributed by atoms with E-state index in [0.29, 0.717) is 0 Å². The number of aliphatic hydroxyl groups excluding tert-OH is 2. The van der Waals surface area contributed by atoms with Gasteiger partial charge in [-0.15, -0.1) is 0 Å². The number of hydrogen-bond acceptors (Lipinski definition) is 10. The smallest absolute Gasteiger partial charge is 0.387 e. The van der Waals surface area contributed by atoms with Crippen LogP contribution in [0.2, 0.25) is 0 Å². The fourth-order valence-corrected chi connectivity index (χ4v) is 4.21.